The maximum Gasteiger partial charge on any atom is 0.271 e. The maximum absolute atomic E-state index is 12.6. The van der Waals surface area contributed by atoms with Crippen LogP contribution in [0.4, 0.5) is 0 Å². The summed E-state index contributed by atoms with van der Waals surface area (Å²) in [5, 5.41) is 5.09. The number of hydrazine groups is 1. The minimum absolute atomic E-state index is 0.162. The molecule has 1 aromatic carbocycles. The highest BCUT2D eigenvalue weighted by atomic mass is 16.5. The molecule has 0 aliphatic heterocycles. The normalized spacial score (nSPS) is 11.2. The van der Waals surface area contributed by atoms with E-state index in [4.69, 9.17) is 4.74 Å². The summed E-state index contributed by atoms with van der Waals surface area (Å²) in [4.78, 5) is 29.5. The molecule has 0 fully saturated rings. The van der Waals surface area contributed by atoms with Gasteiger partial charge in [-0.1, -0.05) is 13.8 Å². The van der Waals surface area contributed by atoms with E-state index in [0.29, 0.717) is 35.1 Å². The third kappa shape index (κ3) is 5.39. The molecular formula is C23H29N5O3. The molecule has 31 heavy (non-hydrogen) atoms. The topological polar surface area (TPSA) is 98.1 Å². The van der Waals surface area contributed by atoms with E-state index in [1.54, 1.807) is 43.5 Å². The zero-order valence-corrected chi connectivity index (χ0v) is 18.6. The van der Waals surface area contributed by atoms with Crippen LogP contribution in [0, 0.1) is 12.8 Å². The monoisotopic (exact) mass is 423 g/mol. The molecule has 3 rings (SSSR count). The van der Waals surface area contributed by atoms with Crippen LogP contribution in [0.5, 0.6) is 5.75 Å². The van der Waals surface area contributed by atoms with E-state index in [9.17, 15) is 9.59 Å². The number of hydrogen-bond donors (Lipinski definition) is 2. The molecule has 0 bridgehead atoms. The van der Waals surface area contributed by atoms with E-state index in [2.05, 4.69) is 34.8 Å². The Kier molecular flexibility index (Phi) is 6.89. The Balaban J connectivity index is 1.61. The van der Waals surface area contributed by atoms with Crippen molar-refractivity contribution >= 4 is 22.8 Å². The lowest BCUT2D eigenvalue weighted by molar-refractivity contribution is 0.0846. The molecule has 0 aliphatic carbocycles. The van der Waals surface area contributed by atoms with Crippen LogP contribution in [-0.2, 0) is 0 Å². The Hall–Kier alpha value is -3.42. The third-order valence-corrected chi connectivity index (χ3v) is 4.86. The van der Waals surface area contributed by atoms with Crippen LogP contribution < -0.4 is 15.6 Å². The van der Waals surface area contributed by atoms with Gasteiger partial charge in [0.1, 0.15) is 5.75 Å². The van der Waals surface area contributed by atoms with E-state index < -0.39 is 11.8 Å². The van der Waals surface area contributed by atoms with E-state index in [0.717, 1.165) is 17.5 Å². The lowest BCUT2D eigenvalue weighted by Crippen LogP contribution is -2.41. The first-order valence-corrected chi connectivity index (χ1v) is 10.4. The number of pyridine rings is 1. The molecule has 2 aromatic heterocycles. The molecule has 8 heteroatoms. The van der Waals surface area contributed by atoms with Crippen molar-refractivity contribution in [3.8, 4) is 5.75 Å². The smallest absolute Gasteiger partial charge is 0.271 e. The van der Waals surface area contributed by atoms with E-state index in [1.807, 2.05) is 18.5 Å². The van der Waals surface area contributed by atoms with E-state index in [1.165, 1.54) is 0 Å². The second kappa shape index (κ2) is 9.59. The lowest BCUT2D eigenvalue weighted by atomic mass is 10.1. The highest BCUT2D eigenvalue weighted by Gasteiger charge is 2.16. The number of fused-ring (bicyclic) bond motifs is 1. The number of carbonyl (C=O) groups excluding carboxylic acids is 2. The number of nitrogens with zero attached hydrogens (tertiary/aromatic N) is 3. The van der Waals surface area contributed by atoms with Crippen LogP contribution in [0.2, 0.25) is 0 Å². The van der Waals surface area contributed by atoms with Crippen LogP contribution in [0.3, 0.4) is 0 Å². The molecule has 2 N–H and O–H groups in total. The first kappa shape index (κ1) is 22.3. The number of aryl methyl sites for hydroxylation is 1. The van der Waals surface area contributed by atoms with E-state index in [-0.39, 0.29) is 6.04 Å². The minimum atomic E-state index is -0.439. The van der Waals surface area contributed by atoms with Gasteiger partial charge in [0.15, 0.2) is 5.65 Å². The fourth-order valence-electron chi connectivity index (χ4n) is 3.04. The number of aromatic nitrogens is 3. The van der Waals surface area contributed by atoms with Crippen molar-refractivity contribution in [1.29, 1.82) is 0 Å². The second-order valence-electron chi connectivity index (χ2n) is 8.18. The molecular weight excluding hydrogens is 394 g/mol. The summed E-state index contributed by atoms with van der Waals surface area (Å²) >= 11 is 0. The molecule has 8 nitrogen and oxygen atoms in total. The van der Waals surface area contributed by atoms with Gasteiger partial charge in [-0.2, -0.15) is 5.10 Å². The predicted molar refractivity (Wildman–Crippen MR) is 119 cm³/mol. The van der Waals surface area contributed by atoms with Crippen molar-refractivity contribution in [2.24, 2.45) is 5.92 Å². The average molecular weight is 424 g/mol. The van der Waals surface area contributed by atoms with Crippen LogP contribution in [0.1, 0.15) is 66.6 Å². The van der Waals surface area contributed by atoms with Gasteiger partial charge in [-0.3, -0.25) is 20.4 Å². The molecule has 164 valence electrons. The number of nitrogens with one attached hydrogen (secondary N) is 2. The largest absolute Gasteiger partial charge is 0.494 e. The summed E-state index contributed by atoms with van der Waals surface area (Å²) in [5.41, 5.74) is 6.98. The van der Waals surface area contributed by atoms with Crippen LogP contribution in [-0.4, -0.2) is 33.2 Å². The van der Waals surface area contributed by atoms with Crippen molar-refractivity contribution in [3.05, 3.63) is 53.3 Å². The first-order valence-electron chi connectivity index (χ1n) is 10.4. The van der Waals surface area contributed by atoms with Crippen LogP contribution in [0.15, 0.2) is 36.5 Å². The van der Waals surface area contributed by atoms with Crippen molar-refractivity contribution < 1.29 is 14.3 Å². The van der Waals surface area contributed by atoms with E-state index >= 15 is 0 Å². The molecule has 0 saturated heterocycles. The van der Waals surface area contributed by atoms with Gasteiger partial charge in [-0.15, -0.1) is 0 Å². The summed E-state index contributed by atoms with van der Waals surface area (Å²) in [5.74, 6) is 0.422. The van der Waals surface area contributed by atoms with Gasteiger partial charge in [-0.05, 0) is 63.4 Å². The predicted octanol–water partition coefficient (Wildman–Crippen LogP) is 3.82. The van der Waals surface area contributed by atoms with Gasteiger partial charge in [0, 0.05) is 17.0 Å². The average Bonchev–Trinajstić information content (AvgIpc) is 3.14. The standard InChI is InChI=1S/C23H29N5O3/c1-14(2)10-11-31-19-8-6-17(7-9-19)22(29)26-27-23(30)20-12-18-13-24-28(15(3)4)21(18)25-16(20)5/h6-9,12-15H,10-11H2,1-5H3,(H,26,29)(H,27,30). The highest BCUT2D eigenvalue weighted by molar-refractivity contribution is 6.01. The lowest BCUT2D eigenvalue weighted by Gasteiger charge is -2.11. The number of ether oxygens (including phenoxy) is 1. The SMILES string of the molecule is Cc1nc2c(cnn2C(C)C)cc1C(=O)NNC(=O)c1ccc(OCCC(C)C)cc1. The summed E-state index contributed by atoms with van der Waals surface area (Å²) < 4.78 is 7.46. The molecule has 2 heterocycles. The molecule has 0 spiro atoms. The summed E-state index contributed by atoms with van der Waals surface area (Å²) in [6.45, 7) is 10.7. The van der Waals surface area contributed by atoms with Crippen LogP contribution in [0.25, 0.3) is 11.0 Å². The first-order chi connectivity index (χ1) is 14.8. The van der Waals surface area contributed by atoms with Gasteiger partial charge in [-0.25, -0.2) is 9.67 Å². The molecule has 0 unspecified atom stereocenters. The Labute approximate surface area is 182 Å². The molecule has 0 atom stereocenters. The summed E-state index contributed by atoms with van der Waals surface area (Å²) in [6.07, 6.45) is 2.65. The van der Waals surface area contributed by atoms with Gasteiger partial charge in [0.2, 0.25) is 0 Å². The number of carbonyl (C=O) groups is 2. The second-order valence-corrected chi connectivity index (χ2v) is 8.18. The van der Waals surface area contributed by atoms with Crippen molar-refractivity contribution in [3.63, 3.8) is 0 Å². The Bertz CT molecular complexity index is 1070. The number of amides is 2. The number of rotatable bonds is 7. The Morgan fingerprint density at radius 2 is 1.74 bits per heavy atom. The minimum Gasteiger partial charge on any atom is -0.494 e. The molecule has 0 radical (unpaired) electrons. The van der Waals surface area contributed by atoms with Gasteiger partial charge >= 0.3 is 0 Å². The van der Waals surface area contributed by atoms with Crippen LogP contribution >= 0.6 is 0 Å². The summed E-state index contributed by atoms with van der Waals surface area (Å²) in [7, 11) is 0. The number of hydrogen-bond acceptors (Lipinski definition) is 5. The quantitative estimate of drug-likeness (QED) is 0.563. The maximum atomic E-state index is 12.6. The fourth-order valence-corrected chi connectivity index (χ4v) is 3.04. The zero-order valence-electron chi connectivity index (χ0n) is 18.6. The third-order valence-electron chi connectivity index (χ3n) is 4.86. The van der Waals surface area contributed by atoms with Gasteiger partial charge in [0.25, 0.3) is 11.8 Å². The number of benzene rings is 1. The molecule has 3 aromatic rings. The van der Waals surface area contributed by atoms with Gasteiger partial charge < -0.3 is 4.74 Å². The summed E-state index contributed by atoms with van der Waals surface area (Å²) in [6, 6.07) is 8.69. The molecule has 0 saturated carbocycles. The van der Waals surface area contributed by atoms with Crippen molar-refractivity contribution in [1.82, 2.24) is 25.6 Å². The highest BCUT2D eigenvalue weighted by Crippen LogP contribution is 2.19. The van der Waals surface area contributed by atoms with Gasteiger partial charge in [0.05, 0.1) is 24.1 Å². The zero-order chi connectivity index (χ0) is 22.5. The Morgan fingerprint density at radius 3 is 2.39 bits per heavy atom. The molecule has 0 aliphatic rings. The van der Waals surface area contributed by atoms with Crippen molar-refractivity contribution in [2.45, 2.75) is 47.1 Å². The molecule has 2 amide bonds. The Morgan fingerprint density at radius 1 is 1.06 bits per heavy atom. The fraction of sp³-hybridized carbons (Fsp3) is 0.391. The van der Waals surface area contributed by atoms with Crippen molar-refractivity contribution in [2.75, 3.05) is 6.61 Å².